The van der Waals surface area contributed by atoms with Crippen molar-refractivity contribution in [1.82, 2.24) is 15.1 Å². The molecule has 17 heavy (non-hydrogen) atoms. The van der Waals surface area contributed by atoms with Crippen LogP contribution in [0, 0.1) is 11.3 Å². The number of nitrogens with one attached hydrogen (secondary N) is 1. The molecule has 0 radical (unpaired) electrons. The Balaban J connectivity index is 1.80. The van der Waals surface area contributed by atoms with Crippen LogP contribution in [-0.4, -0.2) is 60.6 Å². The number of hydrogen-bond donors (Lipinski definition) is 1. The summed E-state index contributed by atoms with van der Waals surface area (Å²) >= 11 is 0. The molecular weight excluding hydrogens is 212 g/mol. The predicted octanol–water partition coefficient (Wildman–Crippen LogP) is 0.658. The van der Waals surface area contributed by atoms with Gasteiger partial charge < -0.3 is 4.90 Å². The molecule has 0 aromatic carbocycles. The van der Waals surface area contributed by atoms with Crippen LogP contribution in [0.5, 0.6) is 0 Å². The van der Waals surface area contributed by atoms with Crippen molar-refractivity contribution in [3.63, 3.8) is 0 Å². The van der Waals surface area contributed by atoms with E-state index in [4.69, 9.17) is 0 Å². The third-order valence-electron chi connectivity index (χ3n) is 3.80. The Morgan fingerprint density at radius 2 is 1.82 bits per heavy atom. The van der Waals surface area contributed by atoms with Crippen LogP contribution < -0.4 is 5.32 Å². The Kier molecular flexibility index (Phi) is 4.03. The Morgan fingerprint density at radius 1 is 1.24 bits per heavy atom. The zero-order valence-corrected chi connectivity index (χ0v) is 11.1. The maximum Gasteiger partial charge on any atom is 0.116 e. The predicted molar refractivity (Wildman–Crippen MR) is 68.7 cm³/mol. The lowest BCUT2D eigenvalue weighted by molar-refractivity contribution is 0.119. The van der Waals surface area contributed by atoms with Gasteiger partial charge in [-0.3, -0.25) is 10.2 Å². The van der Waals surface area contributed by atoms with E-state index in [2.05, 4.69) is 28.1 Å². The summed E-state index contributed by atoms with van der Waals surface area (Å²) in [5.74, 6) is 0. The molecule has 0 amide bonds. The van der Waals surface area contributed by atoms with Gasteiger partial charge in [-0.25, -0.2) is 0 Å². The van der Waals surface area contributed by atoms with Crippen molar-refractivity contribution in [3.05, 3.63) is 0 Å². The van der Waals surface area contributed by atoms with Crippen LogP contribution in [0.3, 0.4) is 0 Å². The topological polar surface area (TPSA) is 42.3 Å². The zero-order valence-electron chi connectivity index (χ0n) is 11.1. The standard InChI is InChI=1S/C13H24N4/c1-3-16-6-8-17(9-7-16)11-13(2,10-14)15-12-4-5-12/h12,15H,3-9,11H2,1-2H3. The van der Waals surface area contributed by atoms with Crippen LogP contribution in [0.4, 0.5) is 0 Å². The monoisotopic (exact) mass is 236 g/mol. The highest BCUT2D eigenvalue weighted by atomic mass is 15.3. The molecule has 0 aromatic heterocycles. The van der Waals surface area contributed by atoms with Crippen molar-refractivity contribution in [2.45, 2.75) is 38.3 Å². The highest BCUT2D eigenvalue weighted by molar-refractivity contribution is 5.09. The van der Waals surface area contributed by atoms with E-state index >= 15 is 0 Å². The summed E-state index contributed by atoms with van der Waals surface area (Å²) in [5, 5.41) is 12.8. The fourth-order valence-corrected chi connectivity index (χ4v) is 2.50. The molecule has 4 nitrogen and oxygen atoms in total. The molecule has 1 heterocycles. The van der Waals surface area contributed by atoms with Gasteiger partial charge in [-0.15, -0.1) is 0 Å². The minimum absolute atomic E-state index is 0.366. The summed E-state index contributed by atoms with van der Waals surface area (Å²) in [6.45, 7) is 10.7. The average molecular weight is 236 g/mol. The first-order chi connectivity index (χ1) is 8.15. The SMILES string of the molecule is CCN1CCN(CC(C)(C#N)NC2CC2)CC1. The van der Waals surface area contributed by atoms with Crippen molar-refractivity contribution in [2.24, 2.45) is 0 Å². The Bertz CT molecular complexity index is 286. The van der Waals surface area contributed by atoms with Crippen LogP contribution in [-0.2, 0) is 0 Å². The number of rotatable bonds is 5. The molecule has 1 saturated carbocycles. The molecule has 1 atom stereocenters. The van der Waals surface area contributed by atoms with Gasteiger partial charge in [-0.2, -0.15) is 5.26 Å². The third-order valence-corrected chi connectivity index (χ3v) is 3.80. The normalized spacial score (nSPS) is 26.4. The molecule has 2 aliphatic rings. The number of nitrogens with zero attached hydrogens (tertiary/aromatic N) is 3. The number of piperazine rings is 1. The van der Waals surface area contributed by atoms with E-state index in [0.29, 0.717) is 6.04 Å². The number of hydrogen-bond acceptors (Lipinski definition) is 4. The van der Waals surface area contributed by atoms with Crippen LogP contribution >= 0.6 is 0 Å². The maximum absolute atomic E-state index is 9.34. The van der Waals surface area contributed by atoms with Crippen LogP contribution in [0.1, 0.15) is 26.7 Å². The summed E-state index contributed by atoms with van der Waals surface area (Å²) in [6.07, 6.45) is 2.47. The summed E-state index contributed by atoms with van der Waals surface area (Å²) in [4.78, 5) is 4.89. The van der Waals surface area contributed by atoms with Gasteiger partial charge in [0.15, 0.2) is 0 Å². The van der Waals surface area contributed by atoms with Crippen LogP contribution in [0.25, 0.3) is 0 Å². The molecule has 0 bridgehead atoms. The van der Waals surface area contributed by atoms with Gasteiger partial charge >= 0.3 is 0 Å². The summed E-state index contributed by atoms with van der Waals surface area (Å²) in [5.41, 5.74) is -0.366. The lowest BCUT2D eigenvalue weighted by Gasteiger charge is -2.37. The number of nitriles is 1. The Labute approximate surface area is 105 Å². The van der Waals surface area contributed by atoms with Gasteiger partial charge in [0.1, 0.15) is 5.54 Å². The summed E-state index contributed by atoms with van der Waals surface area (Å²) < 4.78 is 0. The molecule has 96 valence electrons. The first-order valence-corrected chi connectivity index (χ1v) is 6.79. The first kappa shape index (κ1) is 12.8. The fraction of sp³-hybridized carbons (Fsp3) is 0.923. The third kappa shape index (κ3) is 3.67. The molecule has 1 N–H and O–H groups in total. The minimum Gasteiger partial charge on any atom is -0.301 e. The second-order valence-corrected chi connectivity index (χ2v) is 5.57. The summed E-state index contributed by atoms with van der Waals surface area (Å²) in [6, 6.07) is 3.05. The molecule has 2 rings (SSSR count). The molecule has 1 unspecified atom stereocenters. The molecular formula is C13H24N4. The quantitative estimate of drug-likeness (QED) is 0.761. The molecule has 0 spiro atoms. The van der Waals surface area contributed by atoms with Crippen LogP contribution in [0.2, 0.25) is 0 Å². The maximum atomic E-state index is 9.34. The van der Waals surface area contributed by atoms with Crippen molar-refractivity contribution in [2.75, 3.05) is 39.3 Å². The van der Waals surface area contributed by atoms with Crippen molar-refractivity contribution < 1.29 is 0 Å². The van der Waals surface area contributed by atoms with E-state index in [0.717, 1.165) is 39.3 Å². The summed E-state index contributed by atoms with van der Waals surface area (Å²) in [7, 11) is 0. The van der Waals surface area contributed by atoms with E-state index in [9.17, 15) is 5.26 Å². The second kappa shape index (κ2) is 5.34. The van der Waals surface area contributed by atoms with Crippen LogP contribution in [0.15, 0.2) is 0 Å². The second-order valence-electron chi connectivity index (χ2n) is 5.57. The zero-order chi connectivity index (χ0) is 12.3. The van der Waals surface area contributed by atoms with Gasteiger partial charge in [0.05, 0.1) is 6.07 Å². The number of likely N-dealkylation sites (N-methyl/N-ethyl adjacent to an activating group) is 1. The minimum atomic E-state index is -0.366. The highest BCUT2D eigenvalue weighted by Gasteiger charge is 2.34. The van der Waals surface area contributed by atoms with Crippen molar-refractivity contribution in [3.8, 4) is 6.07 Å². The van der Waals surface area contributed by atoms with Gasteiger partial charge in [0.2, 0.25) is 0 Å². The molecule has 1 aliphatic heterocycles. The largest absolute Gasteiger partial charge is 0.301 e. The Morgan fingerprint density at radius 3 is 2.29 bits per heavy atom. The van der Waals surface area contributed by atoms with Crippen molar-refractivity contribution in [1.29, 1.82) is 5.26 Å². The van der Waals surface area contributed by atoms with Gasteiger partial charge in [-0.05, 0) is 26.3 Å². The molecule has 2 fully saturated rings. The Hall–Kier alpha value is -0.630. The molecule has 1 aliphatic carbocycles. The fourth-order valence-electron chi connectivity index (χ4n) is 2.50. The first-order valence-electron chi connectivity index (χ1n) is 6.79. The molecule has 4 heteroatoms. The van der Waals surface area contributed by atoms with E-state index in [-0.39, 0.29) is 5.54 Å². The van der Waals surface area contributed by atoms with E-state index in [1.165, 1.54) is 12.8 Å². The molecule has 0 aromatic rings. The van der Waals surface area contributed by atoms with Gasteiger partial charge in [0, 0.05) is 38.8 Å². The lowest BCUT2D eigenvalue weighted by Crippen LogP contribution is -2.55. The highest BCUT2D eigenvalue weighted by Crippen LogP contribution is 2.23. The van der Waals surface area contributed by atoms with Gasteiger partial charge in [-0.1, -0.05) is 6.92 Å². The lowest BCUT2D eigenvalue weighted by atomic mass is 10.0. The smallest absolute Gasteiger partial charge is 0.116 e. The average Bonchev–Trinajstić information content (AvgIpc) is 3.14. The van der Waals surface area contributed by atoms with E-state index in [1.54, 1.807) is 0 Å². The van der Waals surface area contributed by atoms with Crippen molar-refractivity contribution >= 4 is 0 Å². The van der Waals surface area contributed by atoms with E-state index < -0.39 is 0 Å². The van der Waals surface area contributed by atoms with Gasteiger partial charge in [0.25, 0.3) is 0 Å². The molecule has 1 saturated heterocycles. The van der Waals surface area contributed by atoms with E-state index in [1.807, 2.05) is 6.92 Å².